The number of hydrogen-bond acceptors (Lipinski definition) is 2. The molecule has 3 heteroatoms. The molecule has 1 N–H and O–H groups in total. The van der Waals surface area contributed by atoms with Crippen LogP contribution in [0.25, 0.3) is 21.8 Å². The Morgan fingerprint density at radius 3 is 2.56 bits per heavy atom. The summed E-state index contributed by atoms with van der Waals surface area (Å²) < 4.78 is 7.73. The molecule has 0 radical (unpaired) electrons. The molecule has 4 aromatic rings. The third kappa shape index (κ3) is 3.31. The summed E-state index contributed by atoms with van der Waals surface area (Å²) in [5.74, 6) is 0.898. The van der Waals surface area contributed by atoms with Gasteiger partial charge in [0.25, 0.3) is 0 Å². The van der Waals surface area contributed by atoms with Crippen molar-refractivity contribution in [3.05, 3.63) is 77.9 Å². The molecule has 1 unspecified atom stereocenters. The molecule has 0 amide bonds. The van der Waals surface area contributed by atoms with E-state index in [2.05, 4.69) is 78.3 Å². The molecule has 0 fully saturated rings. The molecule has 0 saturated carbocycles. The van der Waals surface area contributed by atoms with Crippen molar-refractivity contribution in [3.63, 3.8) is 0 Å². The average Bonchev–Trinajstić information content (AvgIpc) is 3.05. The van der Waals surface area contributed by atoms with Crippen LogP contribution in [-0.4, -0.2) is 11.7 Å². The minimum Gasteiger partial charge on any atom is -0.497 e. The summed E-state index contributed by atoms with van der Waals surface area (Å²) >= 11 is 0. The molecule has 1 heterocycles. The smallest absolute Gasteiger partial charge is 0.119 e. The summed E-state index contributed by atoms with van der Waals surface area (Å²) in [6.07, 6.45) is 0. The van der Waals surface area contributed by atoms with E-state index in [1.165, 1.54) is 32.9 Å². The number of nitrogens with zero attached hydrogens (tertiary/aromatic N) is 1. The van der Waals surface area contributed by atoms with Crippen LogP contribution in [0.15, 0.2) is 66.7 Å². The number of fused-ring (bicyclic) bond motifs is 3. The lowest BCUT2D eigenvalue weighted by atomic mass is 10.1. The van der Waals surface area contributed by atoms with Gasteiger partial charge in [0.2, 0.25) is 0 Å². The second-order valence-electron chi connectivity index (χ2n) is 6.99. The fourth-order valence-corrected chi connectivity index (χ4v) is 3.85. The van der Waals surface area contributed by atoms with Crippen LogP contribution in [0.5, 0.6) is 5.75 Å². The van der Waals surface area contributed by atoms with Gasteiger partial charge in [0.15, 0.2) is 0 Å². The van der Waals surface area contributed by atoms with Crippen molar-refractivity contribution >= 4 is 21.8 Å². The second-order valence-corrected chi connectivity index (χ2v) is 6.99. The first kappa shape index (κ1) is 17.6. The van der Waals surface area contributed by atoms with Gasteiger partial charge in [-0.15, -0.1) is 0 Å². The number of ether oxygens (including phenoxy) is 1. The van der Waals surface area contributed by atoms with Crippen molar-refractivity contribution in [1.82, 2.24) is 9.88 Å². The van der Waals surface area contributed by atoms with Crippen molar-refractivity contribution < 1.29 is 4.74 Å². The van der Waals surface area contributed by atoms with Crippen LogP contribution in [0.4, 0.5) is 0 Å². The van der Waals surface area contributed by atoms with Gasteiger partial charge in [0, 0.05) is 40.9 Å². The zero-order valence-electron chi connectivity index (χ0n) is 16.2. The summed E-state index contributed by atoms with van der Waals surface area (Å²) in [4.78, 5) is 0. The van der Waals surface area contributed by atoms with Crippen molar-refractivity contribution in [3.8, 4) is 5.75 Å². The Bertz CT molecular complexity index is 1080. The lowest BCUT2D eigenvalue weighted by molar-refractivity contribution is 0.413. The maximum atomic E-state index is 5.34. The quantitative estimate of drug-likeness (QED) is 0.480. The second kappa shape index (κ2) is 7.45. The van der Waals surface area contributed by atoms with Gasteiger partial charge < -0.3 is 14.6 Å². The van der Waals surface area contributed by atoms with Gasteiger partial charge >= 0.3 is 0 Å². The summed E-state index contributed by atoms with van der Waals surface area (Å²) in [7, 11) is 1.71. The van der Waals surface area contributed by atoms with Crippen LogP contribution in [0.3, 0.4) is 0 Å². The average molecular weight is 358 g/mol. The minimum absolute atomic E-state index is 0.257. The lowest BCUT2D eigenvalue weighted by Crippen LogP contribution is -2.18. The van der Waals surface area contributed by atoms with E-state index in [0.717, 1.165) is 18.8 Å². The van der Waals surface area contributed by atoms with Gasteiger partial charge in [-0.05, 0) is 55.3 Å². The predicted octanol–water partition coefficient (Wildman–Crippen LogP) is 5.67. The summed E-state index contributed by atoms with van der Waals surface area (Å²) in [5.41, 5.74) is 5.16. The van der Waals surface area contributed by atoms with Gasteiger partial charge in [-0.3, -0.25) is 0 Å². The van der Waals surface area contributed by atoms with E-state index in [4.69, 9.17) is 4.74 Å². The van der Waals surface area contributed by atoms with Gasteiger partial charge in [0.05, 0.1) is 7.11 Å². The number of para-hydroxylation sites is 1. The summed E-state index contributed by atoms with van der Waals surface area (Å²) in [5, 5.41) is 6.30. The number of aromatic nitrogens is 1. The number of rotatable bonds is 6. The fraction of sp³-hybridized carbons (Fsp3) is 0.250. The molecule has 0 saturated heterocycles. The van der Waals surface area contributed by atoms with Crippen LogP contribution < -0.4 is 10.1 Å². The molecule has 4 rings (SSSR count). The van der Waals surface area contributed by atoms with E-state index in [-0.39, 0.29) is 6.04 Å². The van der Waals surface area contributed by atoms with Crippen LogP contribution in [0, 0.1) is 0 Å². The largest absolute Gasteiger partial charge is 0.497 e. The molecule has 0 aliphatic heterocycles. The van der Waals surface area contributed by atoms with E-state index >= 15 is 0 Å². The first-order valence-electron chi connectivity index (χ1n) is 9.58. The Balaban J connectivity index is 1.60. The van der Waals surface area contributed by atoms with Crippen LogP contribution in [-0.2, 0) is 13.1 Å². The zero-order valence-corrected chi connectivity index (χ0v) is 16.2. The molecule has 1 atom stereocenters. The third-order valence-electron chi connectivity index (χ3n) is 5.36. The maximum absolute atomic E-state index is 5.34. The molecule has 3 aromatic carbocycles. The Morgan fingerprint density at radius 2 is 1.74 bits per heavy atom. The Labute approximate surface area is 160 Å². The molecule has 0 aliphatic carbocycles. The Kier molecular flexibility index (Phi) is 4.87. The van der Waals surface area contributed by atoms with E-state index in [9.17, 15) is 0 Å². The normalized spacial score (nSPS) is 12.6. The van der Waals surface area contributed by atoms with Gasteiger partial charge in [0.1, 0.15) is 5.75 Å². The Hall–Kier alpha value is -2.78. The van der Waals surface area contributed by atoms with Crippen molar-refractivity contribution in [1.29, 1.82) is 0 Å². The minimum atomic E-state index is 0.257. The molecule has 138 valence electrons. The molecule has 27 heavy (non-hydrogen) atoms. The molecule has 3 nitrogen and oxygen atoms in total. The van der Waals surface area contributed by atoms with Gasteiger partial charge in [-0.25, -0.2) is 0 Å². The van der Waals surface area contributed by atoms with E-state index in [1.54, 1.807) is 7.11 Å². The topological polar surface area (TPSA) is 26.2 Å². The maximum Gasteiger partial charge on any atom is 0.119 e. The first-order valence-corrected chi connectivity index (χ1v) is 9.58. The summed E-state index contributed by atoms with van der Waals surface area (Å²) in [6, 6.07) is 24.0. The van der Waals surface area contributed by atoms with Crippen LogP contribution in [0.1, 0.15) is 31.0 Å². The molecule has 0 spiro atoms. The molecule has 0 bridgehead atoms. The van der Waals surface area contributed by atoms with E-state index in [0.29, 0.717) is 0 Å². The van der Waals surface area contributed by atoms with E-state index in [1.807, 2.05) is 12.1 Å². The lowest BCUT2D eigenvalue weighted by Gasteiger charge is -2.15. The van der Waals surface area contributed by atoms with Gasteiger partial charge in [-0.1, -0.05) is 36.4 Å². The van der Waals surface area contributed by atoms with Crippen molar-refractivity contribution in [2.45, 2.75) is 33.0 Å². The third-order valence-corrected chi connectivity index (χ3v) is 5.36. The van der Waals surface area contributed by atoms with E-state index < -0.39 is 0 Å². The van der Waals surface area contributed by atoms with Crippen LogP contribution >= 0.6 is 0 Å². The Morgan fingerprint density at radius 1 is 0.926 bits per heavy atom. The standard InChI is InChI=1S/C24H26N2O/c1-4-26-23-11-6-5-10-21(23)22-14-18(12-13-24(22)26)16-25-17(2)19-8-7-9-20(15-19)27-3/h5-15,17,25H,4,16H2,1-3H3. The molecule has 1 aromatic heterocycles. The molecule has 0 aliphatic rings. The zero-order chi connectivity index (χ0) is 18.8. The van der Waals surface area contributed by atoms with Gasteiger partial charge in [-0.2, -0.15) is 0 Å². The highest BCUT2D eigenvalue weighted by molar-refractivity contribution is 6.08. The number of aryl methyl sites for hydroxylation is 1. The number of benzene rings is 3. The van der Waals surface area contributed by atoms with Crippen molar-refractivity contribution in [2.75, 3.05) is 7.11 Å². The molecular weight excluding hydrogens is 332 g/mol. The highest BCUT2D eigenvalue weighted by Crippen LogP contribution is 2.30. The summed E-state index contributed by atoms with van der Waals surface area (Å²) in [6.45, 7) is 6.21. The first-order chi connectivity index (χ1) is 13.2. The fourth-order valence-electron chi connectivity index (χ4n) is 3.85. The number of methoxy groups -OCH3 is 1. The van der Waals surface area contributed by atoms with Crippen molar-refractivity contribution in [2.24, 2.45) is 0 Å². The molecular formula is C24H26N2O. The predicted molar refractivity (Wildman–Crippen MR) is 113 cm³/mol. The number of hydrogen-bond donors (Lipinski definition) is 1. The SMILES string of the molecule is CCn1c2ccccc2c2cc(CNC(C)c3cccc(OC)c3)ccc21. The highest BCUT2D eigenvalue weighted by Gasteiger charge is 2.11. The highest BCUT2D eigenvalue weighted by atomic mass is 16.5. The number of nitrogens with one attached hydrogen (secondary N) is 1. The van der Waals surface area contributed by atoms with Crippen LogP contribution in [0.2, 0.25) is 0 Å². The monoisotopic (exact) mass is 358 g/mol.